The molecule has 33 heteroatoms. The first-order valence-electron chi connectivity index (χ1n) is 34.9. The summed E-state index contributed by atoms with van der Waals surface area (Å²) >= 11 is 0. The molecule has 0 aliphatic carbocycles. The lowest BCUT2D eigenvalue weighted by Crippen LogP contribution is -2.24. The molecule has 11 aromatic rings. The fourth-order valence-electron chi connectivity index (χ4n) is 10.9. The van der Waals surface area contributed by atoms with Crippen LogP contribution in [0, 0.1) is 18.6 Å². The number of pyridine rings is 6. The molecule has 0 amide bonds. The Morgan fingerprint density at radius 1 is 0.385 bits per heavy atom. The van der Waals surface area contributed by atoms with E-state index in [0.29, 0.717) is 79.2 Å². The maximum Gasteiger partial charge on any atom is 0.222 e. The zero-order valence-electron chi connectivity index (χ0n) is 60.0. The molecule has 0 unspecified atom stereocenters. The molecule has 11 rings (SSSR count). The number of nitrogens with two attached hydrogens (primary N) is 5. The van der Waals surface area contributed by atoms with Crippen molar-refractivity contribution in [1.29, 1.82) is 0 Å². The fraction of sp³-hybridized carbons (Fsp3) is 0.437. The molecule has 104 heavy (non-hydrogen) atoms. The molecule has 31 nitrogen and oxygen atoms in total. The Labute approximate surface area is 602 Å². The van der Waals surface area contributed by atoms with E-state index in [4.69, 9.17) is 33.4 Å². The van der Waals surface area contributed by atoms with Crippen molar-refractivity contribution in [2.24, 2.45) is 0 Å². The molecule has 0 saturated carbocycles. The molecule has 11 aromatic heterocycles. The third kappa shape index (κ3) is 24.7. The summed E-state index contributed by atoms with van der Waals surface area (Å²) in [5, 5.41) is 53.6. The highest BCUT2D eigenvalue weighted by molar-refractivity contribution is 5.89. The zero-order chi connectivity index (χ0) is 74.9. The van der Waals surface area contributed by atoms with E-state index >= 15 is 0 Å². The third-order valence-corrected chi connectivity index (χ3v) is 16.0. The number of aliphatic hydroxyl groups is 4. The minimum atomic E-state index is -0.483. The van der Waals surface area contributed by atoms with Crippen molar-refractivity contribution in [3.8, 4) is 5.75 Å². The summed E-state index contributed by atoms with van der Waals surface area (Å²) in [4.78, 5) is 66.9. The monoisotopic (exact) mass is 1430 g/mol. The van der Waals surface area contributed by atoms with Gasteiger partial charge < -0.3 is 80.4 Å². The van der Waals surface area contributed by atoms with Crippen LogP contribution >= 0.6 is 0 Å². The van der Waals surface area contributed by atoms with Crippen LogP contribution in [0.25, 0.3) is 55.2 Å². The van der Waals surface area contributed by atoms with Crippen molar-refractivity contribution in [2.75, 3.05) is 88.8 Å². The van der Waals surface area contributed by atoms with E-state index in [1.54, 1.807) is 25.6 Å². The third-order valence-electron chi connectivity index (χ3n) is 16.0. The van der Waals surface area contributed by atoms with Crippen LogP contribution in [0.2, 0.25) is 0 Å². The molecule has 11 heterocycles. The average Bonchev–Trinajstić information content (AvgIpc) is 0.957. The van der Waals surface area contributed by atoms with E-state index in [2.05, 4.69) is 140 Å². The highest BCUT2D eigenvalue weighted by atomic mass is 19.1. The number of nitrogen functional groups attached to an aromatic ring is 5. The highest BCUT2D eigenvalue weighted by Gasteiger charge is 2.19. The molecular formula is C71H98F2N26O5. The molecule has 0 aromatic carbocycles. The van der Waals surface area contributed by atoms with Gasteiger partial charge in [0.25, 0.3) is 0 Å². The Balaban J connectivity index is 0.000000182. The minimum absolute atomic E-state index is 0.0212. The number of aryl methyl sites for hydroxylation is 2. The first-order chi connectivity index (χ1) is 50.3. The number of aromatic nitrogens is 16. The summed E-state index contributed by atoms with van der Waals surface area (Å²) < 4.78 is 31.4. The van der Waals surface area contributed by atoms with Crippen LogP contribution in [0.3, 0.4) is 0 Å². The van der Waals surface area contributed by atoms with Crippen LogP contribution in [0.15, 0.2) is 91.6 Å². The predicted molar refractivity (Wildman–Crippen MR) is 406 cm³/mol. The number of aliphatic hydroxyl groups excluding tert-OH is 4. The molecule has 0 bridgehead atoms. The van der Waals surface area contributed by atoms with Gasteiger partial charge >= 0.3 is 0 Å². The van der Waals surface area contributed by atoms with Gasteiger partial charge in [-0.05, 0) is 94.7 Å². The SMILES string of the molecule is CCCC[C@@H](CO)Nc1nc(N)nc2cc(F)cnc12.CCCC[C@@H](CO)Nc1nc(N)nc2ccc(C)nc12.CCC[C@@H](CCCc1ccccn1)Nc1nc(N)nc2cccnc12.CCC[C@@H](CO)Nc1nc(N)nc2cc(F)cnc12.CCC[C@@H](CO)Nc1nc(N)nc2cc(OC)cnc12. The molecule has 0 spiro atoms. The number of rotatable bonds is 31. The molecule has 0 aliphatic heterocycles. The van der Waals surface area contributed by atoms with Crippen LogP contribution < -0.4 is 60.0 Å². The lowest BCUT2D eigenvalue weighted by Gasteiger charge is -2.19. The number of anilines is 10. The number of fused-ring (bicyclic) bond motifs is 5. The van der Waals surface area contributed by atoms with E-state index in [0.717, 1.165) is 137 Å². The highest BCUT2D eigenvalue weighted by Crippen LogP contribution is 2.28. The number of halogens is 2. The summed E-state index contributed by atoms with van der Waals surface area (Å²) in [5.74, 6) is 3.03. The van der Waals surface area contributed by atoms with Gasteiger partial charge in [0, 0.05) is 48.0 Å². The Kier molecular flexibility index (Phi) is 32.4. The van der Waals surface area contributed by atoms with Gasteiger partial charge in [0.05, 0.1) is 98.4 Å². The van der Waals surface area contributed by atoms with Crippen molar-refractivity contribution < 1.29 is 33.9 Å². The summed E-state index contributed by atoms with van der Waals surface area (Å²) in [5.41, 5.74) is 36.2. The number of methoxy groups -OCH3 is 1. The molecule has 19 N–H and O–H groups in total. The number of nitrogens with zero attached hydrogens (tertiary/aromatic N) is 16. The van der Waals surface area contributed by atoms with Gasteiger partial charge in [-0.15, -0.1) is 0 Å². The largest absolute Gasteiger partial charge is 0.495 e. The standard InChI is InChI=1S/C19H24N6.C14H21N5O.C13H18FN5O.C13H19N5O2.C12H16FN5O/c1-2-7-15(10-5-9-14-8-3-4-12-21-14)23-18-17-16(11-6-13-22-17)24-19(20)25-18;1-3-4-5-10(8-20)17-13-12-11(18-14(15)19-13)7-6-9(2)16-12;1-2-3-4-9(7-20)17-12-11-10(18-13(15)19-12)5-8(14)6-16-11;1-3-4-8(7-19)16-12-11-10(17-13(14)18-12)5-9(20-2)6-15-11;1-2-3-8(6-19)16-11-10-9(17-12(14)18-11)4-7(13)5-15-10/h3-4,6,8,11-13,15H,2,5,7,9-10H2,1H3,(H3,20,23,24,25);6-7,10,20H,3-5,8H2,1-2H3,(H3,15,17,18,19);5-6,9,20H,2-4,7H2,1H3,(H3,15,17,18,19);5-6,8,19H,3-4,7H2,1-2H3,(H3,14,16,17,18);4-5,8,19H,2-3,6H2,1H3,(H3,14,16,17,18)/t15-;10-;9-;2*8-/m00000/s1. The number of hydrogen-bond donors (Lipinski definition) is 14. The molecular weight excluding hydrogens is 1330 g/mol. The van der Waals surface area contributed by atoms with E-state index < -0.39 is 11.6 Å². The van der Waals surface area contributed by atoms with E-state index in [1.165, 1.54) is 12.1 Å². The van der Waals surface area contributed by atoms with E-state index in [9.17, 15) is 29.2 Å². The second-order valence-electron chi connectivity index (χ2n) is 24.4. The van der Waals surface area contributed by atoms with Gasteiger partial charge in [-0.1, -0.05) is 85.6 Å². The van der Waals surface area contributed by atoms with Gasteiger partial charge in [0.15, 0.2) is 29.1 Å². The Morgan fingerprint density at radius 2 is 0.769 bits per heavy atom. The van der Waals surface area contributed by atoms with Crippen LogP contribution in [0.5, 0.6) is 5.75 Å². The van der Waals surface area contributed by atoms with Gasteiger partial charge in [0.1, 0.15) is 50.5 Å². The molecule has 5 atom stereocenters. The quantitative estimate of drug-likeness (QED) is 0.0192. The second kappa shape index (κ2) is 41.9. The second-order valence-corrected chi connectivity index (χ2v) is 24.4. The Hall–Kier alpha value is -10.9. The molecule has 0 aliphatic rings. The predicted octanol–water partition coefficient (Wildman–Crippen LogP) is 9.70. The molecule has 0 saturated heterocycles. The van der Waals surface area contributed by atoms with Crippen molar-refractivity contribution >= 4 is 114 Å². The van der Waals surface area contributed by atoms with Crippen LogP contribution in [0.1, 0.15) is 136 Å². The van der Waals surface area contributed by atoms with Gasteiger partial charge in [-0.25, -0.2) is 53.6 Å². The summed E-state index contributed by atoms with van der Waals surface area (Å²) in [6.07, 6.45) is 22.0. The average molecular weight is 1430 g/mol. The van der Waals surface area contributed by atoms with E-state index in [1.807, 2.05) is 56.4 Å². The van der Waals surface area contributed by atoms with Crippen molar-refractivity contribution in [2.45, 2.75) is 168 Å². The van der Waals surface area contributed by atoms with Gasteiger partial charge in [-0.3, -0.25) is 9.97 Å². The maximum atomic E-state index is 13.2. The first kappa shape index (κ1) is 80.4. The normalized spacial score (nSPS) is 12.4. The number of unbranched alkanes of at least 4 members (excludes halogenated alkanes) is 2. The van der Waals surface area contributed by atoms with Gasteiger partial charge in [-0.2, -0.15) is 24.9 Å². The van der Waals surface area contributed by atoms with Crippen LogP contribution in [-0.4, -0.2) is 164 Å². The van der Waals surface area contributed by atoms with Crippen LogP contribution in [0.4, 0.5) is 67.6 Å². The lowest BCUT2D eigenvalue weighted by molar-refractivity contribution is 0.266. The number of ether oxygens (including phenoxy) is 1. The lowest BCUT2D eigenvalue weighted by atomic mass is 10.0. The molecule has 0 radical (unpaired) electrons. The minimum Gasteiger partial charge on any atom is -0.495 e. The number of hydrogen-bond acceptors (Lipinski definition) is 31. The van der Waals surface area contributed by atoms with E-state index in [-0.39, 0.29) is 80.3 Å². The summed E-state index contributed by atoms with van der Waals surface area (Å²) in [7, 11) is 1.57. The smallest absolute Gasteiger partial charge is 0.222 e. The molecule has 556 valence electrons. The van der Waals surface area contributed by atoms with Crippen molar-refractivity contribution in [3.05, 3.63) is 115 Å². The fourth-order valence-corrected chi connectivity index (χ4v) is 10.9. The molecule has 0 fully saturated rings. The number of nitrogens with one attached hydrogen (secondary N) is 5. The van der Waals surface area contributed by atoms with Crippen molar-refractivity contribution in [1.82, 2.24) is 79.7 Å². The summed E-state index contributed by atoms with van der Waals surface area (Å²) in [6.45, 7) is 12.4. The Morgan fingerprint density at radius 3 is 1.20 bits per heavy atom. The topological polar surface area (TPSA) is 487 Å². The van der Waals surface area contributed by atoms with Crippen molar-refractivity contribution in [3.63, 3.8) is 0 Å². The maximum absolute atomic E-state index is 13.2. The Bertz CT molecular complexity index is 4440. The zero-order valence-corrected chi connectivity index (χ0v) is 60.0. The van der Waals surface area contributed by atoms with Crippen LogP contribution in [-0.2, 0) is 6.42 Å². The van der Waals surface area contributed by atoms with Gasteiger partial charge in [0.2, 0.25) is 29.7 Å². The summed E-state index contributed by atoms with van der Waals surface area (Å²) in [6, 6.07) is 17.7. The first-order valence-corrected chi connectivity index (χ1v) is 34.9.